The molecule has 3 heterocycles. The van der Waals surface area contributed by atoms with E-state index in [1.54, 1.807) is 16.9 Å². The van der Waals surface area contributed by atoms with Gasteiger partial charge in [0.05, 0.1) is 30.9 Å². The number of carbonyl (C=O) groups excluding carboxylic acids is 1. The first-order valence-electron chi connectivity index (χ1n) is 11.4. The van der Waals surface area contributed by atoms with Crippen molar-refractivity contribution in [2.75, 3.05) is 18.4 Å². The van der Waals surface area contributed by atoms with Gasteiger partial charge in [-0.05, 0) is 66.9 Å². The van der Waals surface area contributed by atoms with E-state index in [1.807, 2.05) is 24.4 Å². The number of rotatable bonds is 7. The van der Waals surface area contributed by atoms with Gasteiger partial charge >= 0.3 is 0 Å². The van der Waals surface area contributed by atoms with Crippen LogP contribution in [0.2, 0.25) is 0 Å². The summed E-state index contributed by atoms with van der Waals surface area (Å²) < 4.78 is 1.80. The number of anilines is 1. The predicted molar refractivity (Wildman–Crippen MR) is 127 cm³/mol. The smallest absolute Gasteiger partial charge is 0.185 e. The third-order valence-electron chi connectivity index (χ3n) is 6.20. The lowest BCUT2D eigenvalue weighted by Gasteiger charge is -2.25. The van der Waals surface area contributed by atoms with Crippen LogP contribution in [0.1, 0.15) is 40.7 Å². The summed E-state index contributed by atoms with van der Waals surface area (Å²) in [5.41, 5.74) is 6.14. The van der Waals surface area contributed by atoms with Crippen LogP contribution in [0.25, 0.3) is 0 Å². The molecule has 0 unspecified atom stereocenters. The maximum atomic E-state index is 13.1. The number of benzene rings is 2. The molecule has 0 radical (unpaired) electrons. The zero-order chi connectivity index (χ0) is 22.6. The average molecular weight is 439 g/mol. The predicted octanol–water partition coefficient (Wildman–Crippen LogP) is 3.08. The Hall–Kier alpha value is -3.76. The maximum Gasteiger partial charge on any atom is 0.185 e. The highest BCUT2D eigenvalue weighted by Crippen LogP contribution is 2.25. The van der Waals surface area contributed by atoms with E-state index >= 15 is 0 Å². The third kappa shape index (κ3) is 4.86. The van der Waals surface area contributed by atoms with Gasteiger partial charge in [0.15, 0.2) is 5.78 Å². The van der Waals surface area contributed by atoms with E-state index in [9.17, 15) is 4.79 Å². The Morgan fingerprint density at radius 2 is 2.06 bits per heavy atom. The molecule has 5 rings (SSSR count). The average Bonchev–Trinajstić information content (AvgIpc) is 3.46. The Morgan fingerprint density at radius 3 is 2.91 bits per heavy atom. The molecule has 0 amide bonds. The number of aliphatic imine (C=N–C) groups is 1. The largest absolute Gasteiger partial charge is 0.382 e. The van der Waals surface area contributed by atoms with Gasteiger partial charge < -0.3 is 10.6 Å². The van der Waals surface area contributed by atoms with E-state index in [4.69, 9.17) is 5.26 Å². The summed E-state index contributed by atoms with van der Waals surface area (Å²) in [6.45, 7) is 3.17. The van der Waals surface area contributed by atoms with Crippen molar-refractivity contribution in [1.82, 2.24) is 15.1 Å². The van der Waals surface area contributed by atoms with Crippen molar-refractivity contribution in [1.29, 1.82) is 5.26 Å². The quantitative estimate of drug-likeness (QED) is 0.591. The summed E-state index contributed by atoms with van der Waals surface area (Å²) in [6, 6.07) is 16.3. The SMILES string of the molecule is N#Cc1cccc(Cn2cc(CC(=O)C3=NCc4ccc(NC5CCNCC5)cc43)cn2)c1. The van der Waals surface area contributed by atoms with Crippen molar-refractivity contribution in [3.05, 3.63) is 82.7 Å². The first-order valence-corrected chi connectivity index (χ1v) is 11.4. The van der Waals surface area contributed by atoms with Crippen molar-refractivity contribution in [2.24, 2.45) is 4.99 Å². The number of carbonyl (C=O) groups is 1. The maximum absolute atomic E-state index is 13.1. The van der Waals surface area contributed by atoms with E-state index in [2.05, 4.69) is 45.0 Å². The fourth-order valence-electron chi connectivity index (χ4n) is 4.49. The molecule has 1 aromatic heterocycles. The van der Waals surface area contributed by atoms with E-state index in [1.165, 1.54) is 0 Å². The number of Topliss-reactive ketones (excluding diaryl/α,β-unsaturated/α-hetero) is 1. The minimum atomic E-state index is 0.0128. The summed E-state index contributed by atoms with van der Waals surface area (Å²) in [5, 5.41) is 20.5. The van der Waals surface area contributed by atoms with Crippen LogP contribution in [0, 0.1) is 11.3 Å². The molecular weight excluding hydrogens is 412 g/mol. The van der Waals surface area contributed by atoms with Crippen molar-refractivity contribution in [3.8, 4) is 6.07 Å². The molecule has 7 heteroatoms. The van der Waals surface area contributed by atoms with Gasteiger partial charge in [0, 0.05) is 29.9 Å². The second-order valence-electron chi connectivity index (χ2n) is 8.66. The molecule has 0 aliphatic carbocycles. The summed E-state index contributed by atoms with van der Waals surface area (Å²) in [6.07, 6.45) is 6.09. The first kappa shape index (κ1) is 21.1. The Bertz CT molecular complexity index is 1250. The van der Waals surface area contributed by atoms with Gasteiger partial charge in [0.1, 0.15) is 5.71 Å². The lowest BCUT2D eigenvalue weighted by atomic mass is 9.99. The number of hydrogen-bond donors (Lipinski definition) is 2. The van der Waals surface area contributed by atoms with E-state index in [0.29, 0.717) is 30.4 Å². The molecule has 166 valence electrons. The Morgan fingerprint density at radius 1 is 1.18 bits per heavy atom. The lowest BCUT2D eigenvalue weighted by molar-refractivity contribution is -0.112. The third-order valence-corrected chi connectivity index (χ3v) is 6.20. The number of fused-ring (bicyclic) bond motifs is 1. The number of ketones is 1. The standard InChI is InChI=1S/C26H26N6O/c27-13-18-2-1-3-19(10-18)16-32-17-20(14-30-32)11-25(33)26-24-12-23(5-4-21(24)15-29-26)31-22-6-8-28-9-7-22/h1-5,10,12,14,17,22,28,31H,6-9,11,15-16H2. The van der Waals surface area contributed by atoms with Crippen molar-refractivity contribution >= 4 is 17.2 Å². The molecule has 0 bridgehead atoms. The van der Waals surface area contributed by atoms with Crippen LogP contribution < -0.4 is 10.6 Å². The molecule has 2 N–H and O–H groups in total. The molecule has 0 atom stereocenters. The van der Waals surface area contributed by atoms with Crippen LogP contribution >= 0.6 is 0 Å². The number of nitrogens with zero attached hydrogens (tertiary/aromatic N) is 4. The van der Waals surface area contributed by atoms with Crippen molar-refractivity contribution < 1.29 is 4.79 Å². The number of aromatic nitrogens is 2. The van der Waals surface area contributed by atoms with Crippen LogP contribution in [0.4, 0.5) is 5.69 Å². The van der Waals surface area contributed by atoms with Gasteiger partial charge in [-0.1, -0.05) is 18.2 Å². The second-order valence-corrected chi connectivity index (χ2v) is 8.66. The molecule has 1 saturated heterocycles. The zero-order valence-electron chi connectivity index (χ0n) is 18.4. The molecular formula is C26H26N6O. The molecule has 33 heavy (non-hydrogen) atoms. The Balaban J connectivity index is 1.25. The van der Waals surface area contributed by atoms with Crippen LogP contribution in [0.3, 0.4) is 0 Å². The molecule has 0 saturated carbocycles. The van der Waals surface area contributed by atoms with Crippen molar-refractivity contribution in [3.63, 3.8) is 0 Å². The number of hydrogen-bond acceptors (Lipinski definition) is 6. The van der Waals surface area contributed by atoms with Gasteiger partial charge in [0.2, 0.25) is 0 Å². The van der Waals surface area contributed by atoms with Crippen LogP contribution in [-0.2, 0) is 24.3 Å². The van der Waals surface area contributed by atoms with Crippen LogP contribution in [-0.4, -0.2) is 40.4 Å². The van der Waals surface area contributed by atoms with Crippen LogP contribution in [0.15, 0.2) is 59.9 Å². The second kappa shape index (κ2) is 9.39. The molecule has 2 aliphatic rings. The van der Waals surface area contributed by atoms with Gasteiger partial charge in [-0.3, -0.25) is 14.5 Å². The van der Waals surface area contributed by atoms with E-state index in [-0.39, 0.29) is 12.2 Å². The summed E-state index contributed by atoms with van der Waals surface area (Å²) in [7, 11) is 0. The minimum Gasteiger partial charge on any atom is -0.382 e. The zero-order valence-corrected chi connectivity index (χ0v) is 18.4. The number of nitriles is 1. The molecule has 2 aromatic carbocycles. The highest BCUT2D eigenvalue weighted by Gasteiger charge is 2.23. The highest BCUT2D eigenvalue weighted by molar-refractivity contribution is 6.47. The fourth-order valence-corrected chi connectivity index (χ4v) is 4.49. The van der Waals surface area contributed by atoms with Crippen molar-refractivity contribution in [2.45, 2.75) is 38.4 Å². The summed E-state index contributed by atoms with van der Waals surface area (Å²) >= 11 is 0. The van der Waals surface area contributed by atoms with Gasteiger partial charge in [-0.2, -0.15) is 10.4 Å². The van der Waals surface area contributed by atoms with E-state index in [0.717, 1.165) is 53.9 Å². The number of piperidine rings is 1. The molecule has 7 nitrogen and oxygen atoms in total. The van der Waals surface area contributed by atoms with Gasteiger partial charge in [0.25, 0.3) is 0 Å². The first-order chi connectivity index (χ1) is 16.2. The monoisotopic (exact) mass is 438 g/mol. The topological polar surface area (TPSA) is 95.1 Å². The van der Waals surface area contributed by atoms with Crippen LogP contribution in [0.5, 0.6) is 0 Å². The molecule has 1 fully saturated rings. The Kier molecular flexibility index (Phi) is 6.01. The molecule has 0 spiro atoms. The van der Waals surface area contributed by atoms with E-state index < -0.39 is 0 Å². The summed E-state index contributed by atoms with van der Waals surface area (Å²) in [5.74, 6) is 0.0128. The molecule has 2 aliphatic heterocycles. The lowest BCUT2D eigenvalue weighted by Crippen LogP contribution is -2.35. The fraction of sp³-hybridized carbons (Fsp3) is 0.308. The van der Waals surface area contributed by atoms with Gasteiger partial charge in [-0.25, -0.2) is 0 Å². The highest BCUT2D eigenvalue weighted by atomic mass is 16.1. The number of nitrogens with one attached hydrogen (secondary N) is 2. The normalized spacial score (nSPS) is 15.5. The minimum absolute atomic E-state index is 0.0128. The van der Waals surface area contributed by atoms with Gasteiger partial charge in [-0.15, -0.1) is 0 Å². The molecule has 3 aromatic rings. The Labute approximate surface area is 193 Å². The summed E-state index contributed by atoms with van der Waals surface area (Å²) in [4.78, 5) is 17.7.